The first kappa shape index (κ1) is 14.1. The Hall–Kier alpha value is -2.35. The number of carbonyl (C=O) groups is 2. The van der Waals surface area contributed by atoms with Crippen LogP contribution in [0.3, 0.4) is 0 Å². The van der Waals surface area contributed by atoms with Crippen molar-refractivity contribution in [2.45, 2.75) is 19.3 Å². The van der Waals surface area contributed by atoms with Crippen LogP contribution in [0.4, 0.5) is 5.69 Å². The average molecular weight is 271 g/mol. The van der Waals surface area contributed by atoms with Crippen molar-refractivity contribution >= 4 is 17.5 Å². The van der Waals surface area contributed by atoms with Gasteiger partial charge < -0.3 is 9.80 Å². The fraction of sp³-hybridized carbons (Fsp3) is 0.400. The molecule has 0 aliphatic carbocycles. The van der Waals surface area contributed by atoms with E-state index < -0.39 is 0 Å². The van der Waals surface area contributed by atoms with E-state index in [1.165, 1.54) is 4.90 Å². The van der Waals surface area contributed by atoms with Crippen LogP contribution in [-0.4, -0.2) is 36.9 Å². The Bertz CT molecular complexity index is 545. The molecule has 1 fully saturated rings. The van der Waals surface area contributed by atoms with Crippen molar-refractivity contribution < 1.29 is 9.59 Å². The molecule has 1 aromatic rings. The van der Waals surface area contributed by atoms with Crippen molar-refractivity contribution in [1.82, 2.24) is 4.90 Å². The Kier molecular flexibility index (Phi) is 4.36. The minimum absolute atomic E-state index is 0.112. The molecule has 0 unspecified atom stereocenters. The van der Waals surface area contributed by atoms with Crippen molar-refractivity contribution in [2.75, 3.05) is 25.0 Å². The quantitative estimate of drug-likeness (QED) is 0.838. The fourth-order valence-corrected chi connectivity index (χ4v) is 2.24. The summed E-state index contributed by atoms with van der Waals surface area (Å²) in [7, 11) is 1.68. The minimum Gasteiger partial charge on any atom is -0.341 e. The lowest BCUT2D eigenvalue weighted by molar-refractivity contribution is -0.117. The van der Waals surface area contributed by atoms with Gasteiger partial charge in [0.25, 0.3) is 5.91 Å². The topological polar surface area (TPSA) is 64.4 Å². The third-order valence-electron chi connectivity index (χ3n) is 3.41. The summed E-state index contributed by atoms with van der Waals surface area (Å²) in [6, 6.07) is 9.07. The Morgan fingerprint density at radius 1 is 1.40 bits per heavy atom. The maximum atomic E-state index is 12.1. The largest absolute Gasteiger partial charge is 0.341 e. The van der Waals surface area contributed by atoms with Crippen LogP contribution in [-0.2, 0) is 4.79 Å². The second-order valence-corrected chi connectivity index (χ2v) is 4.83. The lowest BCUT2D eigenvalue weighted by atomic mass is 10.1. The lowest BCUT2D eigenvalue weighted by Gasteiger charge is -2.18. The van der Waals surface area contributed by atoms with Gasteiger partial charge in [0.15, 0.2) is 0 Å². The third-order valence-corrected chi connectivity index (χ3v) is 3.41. The van der Waals surface area contributed by atoms with Gasteiger partial charge in [-0.15, -0.1) is 0 Å². The SMILES string of the molecule is CN(CCC#N)C(=O)c1ccc(N2CCCC2=O)cc1. The first-order valence-electron chi connectivity index (χ1n) is 6.66. The second-order valence-electron chi connectivity index (χ2n) is 4.83. The number of amides is 2. The van der Waals surface area contributed by atoms with E-state index in [4.69, 9.17) is 5.26 Å². The van der Waals surface area contributed by atoms with Gasteiger partial charge >= 0.3 is 0 Å². The molecule has 0 aromatic heterocycles. The fourth-order valence-electron chi connectivity index (χ4n) is 2.24. The zero-order valence-corrected chi connectivity index (χ0v) is 11.5. The molecule has 1 heterocycles. The molecule has 2 rings (SSSR count). The van der Waals surface area contributed by atoms with E-state index >= 15 is 0 Å². The summed E-state index contributed by atoms with van der Waals surface area (Å²) in [6.45, 7) is 1.16. The molecule has 20 heavy (non-hydrogen) atoms. The standard InChI is InChI=1S/C15H17N3O2/c1-17(10-3-9-16)15(20)12-5-7-13(8-6-12)18-11-2-4-14(18)19/h5-8H,2-4,10-11H2,1H3. The molecule has 5 heteroatoms. The summed E-state index contributed by atoms with van der Waals surface area (Å²) < 4.78 is 0. The first-order valence-corrected chi connectivity index (χ1v) is 6.66. The predicted molar refractivity (Wildman–Crippen MR) is 75.2 cm³/mol. The molecular formula is C15H17N3O2. The maximum absolute atomic E-state index is 12.1. The number of nitrogens with zero attached hydrogens (tertiary/aromatic N) is 3. The lowest BCUT2D eigenvalue weighted by Crippen LogP contribution is -2.28. The van der Waals surface area contributed by atoms with Gasteiger partial charge in [-0.05, 0) is 30.7 Å². The molecule has 5 nitrogen and oxygen atoms in total. The van der Waals surface area contributed by atoms with E-state index in [-0.39, 0.29) is 11.8 Å². The molecule has 0 radical (unpaired) electrons. The summed E-state index contributed by atoms with van der Waals surface area (Å²) in [4.78, 5) is 27.0. The normalized spacial score (nSPS) is 14.2. The molecule has 0 saturated carbocycles. The second kappa shape index (κ2) is 6.20. The van der Waals surface area contributed by atoms with Crippen LogP contribution in [0.15, 0.2) is 24.3 Å². The van der Waals surface area contributed by atoms with Crippen LogP contribution in [0.1, 0.15) is 29.6 Å². The Morgan fingerprint density at radius 3 is 2.65 bits per heavy atom. The molecule has 1 aliphatic heterocycles. The van der Waals surface area contributed by atoms with E-state index in [9.17, 15) is 9.59 Å². The van der Waals surface area contributed by atoms with Crippen LogP contribution in [0.2, 0.25) is 0 Å². The highest BCUT2D eigenvalue weighted by Gasteiger charge is 2.21. The maximum Gasteiger partial charge on any atom is 0.253 e. The van der Waals surface area contributed by atoms with Gasteiger partial charge in [-0.3, -0.25) is 9.59 Å². The highest BCUT2D eigenvalue weighted by molar-refractivity contribution is 5.97. The predicted octanol–water partition coefficient (Wildman–Crippen LogP) is 1.80. The molecule has 0 bridgehead atoms. The Labute approximate surface area is 118 Å². The van der Waals surface area contributed by atoms with E-state index in [0.29, 0.717) is 24.9 Å². The number of nitriles is 1. The molecule has 1 saturated heterocycles. The van der Waals surface area contributed by atoms with Crippen molar-refractivity contribution in [2.24, 2.45) is 0 Å². The van der Waals surface area contributed by atoms with Crippen LogP contribution >= 0.6 is 0 Å². The van der Waals surface area contributed by atoms with Gasteiger partial charge in [-0.2, -0.15) is 5.26 Å². The zero-order valence-electron chi connectivity index (χ0n) is 11.5. The minimum atomic E-state index is -0.112. The molecule has 0 spiro atoms. The van der Waals surface area contributed by atoms with Gasteiger partial charge in [0.2, 0.25) is 5.91 Å². The zero-order chi connectivity index (χ0) is 14.5. The van der Waals surface area contributed by atoms with Crippen molar-refractivity contribution in [3.8, 4) is 6.07 Å². The number of carbonyl (C=O) groups excluding carboxylic acids is 2. The number of hydrogen-bond donors (Lipinski definition) is 0. The monoisotopic (exact) mass is 271 g/mol. The van der Waals surface area contributed by atoms with E-state index in [1.54, 1.807) is 36.2 Å². The van der Waals surface area contributed by atoms with Gasteiger partial charge in [0, 0.05) is 37.8 Å². The molecular weight excluding hydrogens is 254 g/mol. The first-order chi connectivity index (χ1) is 9.63. The summed E-state index contributed by atoms with van der Waals surface area (Å²) in [5.74, 6) is 0.0229. The van der Waals surface area contributed by atoms with Gasteiger partial charge in [0.05, 0.1) is 12.5 Å². The highest BCUT2D eigenvalue weighted by atomic mass is 16.2. The number of hydrogen-bond acceptors (Lipinski definition) is 3. The van der Waals surface area contributed by atoms with Crippen molar-refractivity contribution in [3.05, 3.63) is 29.8 Å². The smallest absolute Gasteiger partial charge is 0.253 e. The molecule has 104 valence electrons. The van der Waals surface area contributed by atoms with Gasteiger partial charge in [-0.25, -0.2) is 0 Å². The van der Waals surface area contributed by atoms with Crippen LogP contribution < -0.4 is 4.90 Å². The summed E-state index contributed by atoms with van der Waals surface area (Å²) in [6.07, 6.45) is 1.80. The molecule has 0 atom stereocenters. The van der Waals surface area contributed by atoms with E-state index in [1.807, 2.05) is 6.07 Å². The van der Waals surface area contributed by atoms with Crippen LogP contribution in [0.25, 0.3) is 0 Å². The average Bonchev–Trinajstić information content (AvgIpc) is 2.90. The van der Waals surface area contributed by atoms with Gasteiger partial charge in [-0.1, -0.05) is 0 Å². The van der Waals surface area contributed by atoms with Gasteiger partial charge in [0.1, 0.15) is 0 Å². The molecule has 2 amide bonds. The summed E-state index contributed by atoms with van der Waals surface area (Å²) in [5.41, 5.74) is 1.41. The van der Waals surface area contributed by atoms with Crippen LogP contribution in [0, 0.1) is 11.3 Å². The van der Waals surface area contributed by atoms with E-state index in [0.717, 1.165) is 18.7 Å². The number of rotatable bonds is 4. The third kappa shape index (κ3) is 2.97. The summed E-state index contributed by atoms with van der Waals surface area (Å²) in [5, 5.41) is 8.52. The number of benzene rings is 1. The molecule has 1 aliphatic rings. The molecule has 1 aromatic carbocycles. The highest BCUT2D eigenvalue weighted by Crippen LogP contribution is 2.21. The number of anilines is 1. The summed E-state index contributed by atoms with van der Waals surface area (Å²) >= 11 is 0. The molecule has 0 N–H and O–H groups in total. The Morgan fingerprint density at radius 2 is 2.10 bits per heavy atom. The Balaban J connectivity index is 2.06. The van der Waals surface area contributed by atoms with Crippen molar-refractivity contribution in [1.29, 1.82) is 5.26 Å². The van der Waals surface area contributed by atoms with Crippen LogP contribution in [0.5, 0.6) is 0 Å². The van der Waals surface area contributed by atoms with Crippen molar-refractivity contribution in [3.63, 3.8) is 0 Å². The van der Waals surface area contributed by atoms with E-state index in [2.05, 4.69) is 0 Å².